The van der Waals surface area contributed by atoms with Crippen LogP contribution < -0.4 is 10.6 Å². The van der Waals surface area contributed by atoms with Gasteiger partial charge in [0.2, 0.25) is 0 Å². The summed E-state index contributed by atoms with van der Waals surface area (Å²) in [6.45, 7) is 4.45. The monoisotopic (exact) mass is 318 g/mol. The average molecular weight is 318 g/mol. The molecule has 1 aromatic rings. The SMILES string of the molecule is CCNCCNC(=O)c1ccccc1I. The molecule has 0 radical (unpaired) electrons. The van der Waals surface area contributed by atoms with Crippen LogP contribution >= 0.6 is 22.6 Å². The second-order valence-electron chi connectivity index (χ2n) is 3.09. The summed E-state index contributed by atoms with van der Waals surface area (Å²) < 4.78 is 0.982. The summed E-state index contributed by atoms with van der Waals surface area (Å²) in [5, 5.41) is 6.02. The maximum absolute atomic E-state index is 11.7. The number of carbonyl (C=O) groups excluding carboxylic acids is 1. The molecule has 0 spiro atoms. The first kappa shape index (κ1) is 12.4. The number of carbonyl (C=O) groups is 1. The van der Waals surface area contributed by atoms with Crippen LogP contribution in [0.1, 0.15) is 17.3 Å². The van der Waals surface area contributed by atoms with E-state index >= 15 is 0 Å². The lowest BCUT2D eigenvalue weighted by atomic mass is 10.2. The Labute approximate surface area is 104 Å². The van der Waals surface area contributed by atoms with Gasteiger partial charge in [-0.25, -0.2) is 0 Å². The highest BCUT2D eigenvalue weighted by Gasteiger charge is 2.07. The molecule has 0 bridgehead atoms. The van der Waals surface area contributed by atoms with Crippen LogP contribution in [0.4, 0.5) is 0 Å². The summed E-state index contributed by atoms with van der Waals surface area (Å²) in [6.07, 6.45) is 0. The van der Waals surface area contributed by atoms with E-state index in [1.807, 2.05) is 31.2 Å². The molecule has 0 aliphatic heterocycles. The number of hydrogen-bond donors (Lipinski definition) is 2. The molecule has 0 heterocycles. The van der Waals surface area contributed by atoms with Gasteiger partial charge < -0.3 is 10.6 Å². The van der Waals surface area contributed by atoms with E-state index in [1.54, 1.807) is 0 Å². The van der Waals surface area contributed by atoms with E-state index in [0.29, 0.717) is 6.54 Å². The molecule has 0 fully saturated rings. The largest absolute Gasteiger partial charge is 0.351 e. The standard InChI is InChI=1S/C11H15IN2O/c1-2-13-7-8-14-11(15)9-5-3-4-6-10(9)12/h3-6,13H,2,7-8H2,1H3,(H,14,15). The Hall–Kier alpha value is -0.620. The van der Waals surface area contributed by atoms with Crippen LogP contribution in [0.2, 0.25) is 0 Å². The minimum Gasteiger partial charge on any atom is -0.351 e. The number of hydrogen-bond acceptors (Lipinski definition) is 2. The first-order valence-corrected chi connectivity index (χ1v) is 6.07. The summed E-state index contributed by atoms with van der Waals surface area (Å²) >= 11 is 2.17. The van der Waals surface area contributed by atoms with E-state index in [4.69, 9.17) is 0 Å². The van der Waals surface area contributed by atoms with Crippen LogP contribution in [0.3, 0.4) is 0 Å². The molecule has 0 aromatic heterocycles. The molecule has 0 saturated heterocycles. The van der Waals surface area contributed by atoms with Crippen molar-refractivity contribution in [1.29, 1.82) is 0 Å². The van der Waals surface area contributed by atoms with Gasteiger partial charge in [-0.15, -0.1) is 0 Å². The van der Waals surface area contributed by atoms with Gasteiger partial charge in [0.15, 0.2) is 0 Å². The van der Waals surface area contributed by atoms with Crippen molar-refractivity contribution in [2.75, 3.05) is 19.6 Å². The van der Waals surface area contributed by atoms with Crippen LogP contribution in [0, 0.1) is 3.57 Å². The minimum atomic E-state index is -0.00194. The first-order valence-electron chi connectivity index (χ1n) is 4.99. The quantitative estimate of drug-likeness (QED) is 0.640. The van der Waals surface area contributed by atoms with E-state index in [-0.39, 0.29) is 5.91 Å². The maximum Gasteiger partial charge on any atom is 0.252 e. The normalized spacial score (nSPS) is 10.0. The summed E-state index contributed by atoms with van der Waals surface area (Å²) in [4.78, 5) is 11.7. The fourth-order valence-corrected chi connectivity index (χ4v) is 1.81. The Bertz CT molecular complexity index is 328. The van der Waals surface area contributed by atoms with Crippen molar-refractivity contribution in [2.24, 2.45) is 0 Å². The summed E-state index contributed by atoms with van der Waals surface area (Å²) in [5.74, 6) is -0.00194. The van der Waals surface area contributed by atoms with Gasteiger partial charge in [-0.3, -0.25) is 4.79 Å². The highest BCUT2D eigenvalue weighted by atomic mass is 127. The molecule has 1 amide bonds. The highest BCUT2D eigenvalue weighted by Crippen LogP contribution is 2.10. The van der Waals surface area contributed by atoms with Gasteiger partial charge in [0.1, 0.15) is 0 Å². The van der Waals surface area contributed by atoms with Crippen molar-refractivity contribution in [3.05, 3.63) is 33.4 Å². The smallest absolute Gasteiger partial charge is 0.252 e. The molecule has 0 aliphatic rings. The zero-order valence-corrected chi connectivity index (χ0v) is 10.9. The maximum atomic E-state index is 11.7. The predicted octanol–water partition coefficient (Wildman–Crippen LogP) is 1.63. The average Bonchev–Trinajstić information content (AvgIpc) is 2.25. The molecule has 2 N–H and O–H groups in total. The van der Waals surface area contributed by atoms with Crippen LogP contribution in [-0.2, 0) is 0 Å². The van der Waals surface area contributed by atoms with Crippen molar-refractivity contribution in [1.82, 2.24) is 10.6 Å². The van der Waals surface area contributed by atoms with Gasteiger partial charge in [-0.1, -0.05) is 19.1 Å². The van der Waals surface area contributed by atoms with Crippen molar-refractivity contribution >= 4 is 28.5 Å². The van der Waals surface area contributed by atoms with Crippen molar-refractivity contribution in [3.63, 3.8) is 0 Å². The Morgan fingerprint density at radius 1 is 1.33 bits per heavy atom. The van der Waals surface area contributed by atoms with Gasteiger partial charge in [-0.05, 0) is 41.3 Å². The van der Waals surface area contributed by atoms with Gasteiger partial charge in [0.05, 0.1) is 5.56 Å². The third kappa shape index (κ3) is 4.17. The third-order valence-electron chi connectivity index (χ3n) is 1.96. The number of likely N-dealkylation sites (N-methyl/N-ethyl adjacent to an activating group) is 1. The molecule has 0 atom stereocenters. The number of halogens is 1. The van der Waals surface area contributed by atoms with E-state index in [9.17, 15) is 4.79 Å². The van der Waals surface area contributed by atoms with E-state index in [0.717, 1.165) is 22.2 Å². The Kier molecular flexibility index (Phi) is 5.63. The summed E-state index contributed by atoms with van der Waals surface area (Å²) in [7, 11) is 0. The second kappa shape index (κ2) is 6.79. The topological polar surface area (TPSA) is 41.1 Å². The molecule has 82 valence electrons. The Morgan fingerprint density at radius 3 is 2.73 bits per heavy atom. The minimum absolute atomic E-state index is 0.00194. The summed E-state index contributed by atoms with van der Waals surface area (Å²) in [6, 6.07) is 7.57. The first-order chi connectivity index (χ1) is 7.25. The Morgan fingerprint density at radius 2 is 2.07 bits per heavy atom. The number of benzene rings is 1. The molecule has 3 nitrogen and oxygen atoms in total. The predicted molar refractivity (Wildman–Crippen MR) is 70.0 cm³/mol. The van der Waals surface area contributed by atoms with Gasteiger partial charge in [0.25, 0.3) is 5.91 Å². The lowest BCUT2D eigenvalue weighted by Crippen LogP contribution is -2.32. The fraction of sp³-hybridized carbons (Fsp3) is 0.364. The molecular weight excluding hydrogens is 303 g/mol. The lowest BCUT2D eigenvalue weighted by molar-refractivity contribution is 0.0953. The number of amides is 1. The molecule has 0 saturated carbocycles. The summed E-state index contributed by atoms with van der Waals surface area (Å²) in [5.41, 5.74) is 0.745. The van der Waals surface area contributed by atoms with E-state index in [1.165, 1.54) is 0 Å². The molecule has 1 aromatic carbocycles. The molecule has 1 rings (SSSR count). The Balaban J connectivity index is 2.44. The molecule has 0 aliphatic carbocycles. The van der Waals surface area contributed by atoms with Crippen LogP contribution in [-0.4, -0.2) is 25.5 Å². The van der Waals surface area contributed by atoms with E-state index in [2.05, 4.69) is 33.2 Å². The molecule has 4 heteroatoms. The van der Waals surface area contributed by atoms with Crippen molar-refractivity contribution < 1.29 is 4.79 Å². The van der Waals surface area contributed by atoms with Gasteiger partial charge in [0, 0.05) is 16.7 Å². The number of rotatable bonds is 5. The van der Waals surface area contributed by atoms with Crippen LogP contribution in [0.15, 0.2) is 24.3 Å². The zero-order valence-electron chi connectivity index (χ0n) is 8.72. The fourth-order valence-electron chi connectivity index (χ4n) is 1.18. The van der Waals surface area contributed by atoms with Crippen molar-refractivity contribution in [3.8, 4) is 0 Å². The van der Waals surface area contributed by atoms with Gasteiger partial charge in [-0.2, -0.15) is 0 Å². The van der Waals surface area contributed by atoms with Crippen molar-refractivity contribution in [2.45, 2.75) is 6.92 Å². The highest BCUT2D eigenvalue weighted by molar-refractivity contribution is 14.1. The second-order valence-corrected chi connectivity index (χ2v) is 4.25. The van der Waals surface area contributed by atoms with Crippen LogP contribution in [0.25, 0.3) is 0 Å². The van der Waals surface area contributed by atoms with E-state index < -0.39 is 0 Å². The molecule has 15 heavy (non-hydrogen) atoms. The van der Waals surface area contributed by atoms with Gasteiger partial charge >= 0.3 is 0 Å². The number of nitrogens with one attached hydrogen (secondary N) is 2. The van der Waals surface area contributed by atoms with Crippen LogP contribution in [0.5, 0.6) is 0 Å². The molecular formula is C11H15IN2O. The zero-order chi connectivity index (χ0) is 11.1. The third-order valence-corrected chi connectivity index (χ3v) is 2.90. The lowest BCUT2D eigenvalue weighted by Gasteiger charge is -2.06. The molecule has 0 unspecified atom stereocenters.